The van der Waals surface area contributed by atoms with Crippen molar-refractivity contribution in [2.45, 2.75) is 39.9 Å². The smallest absolute Gasteiger partial charge is 0.320 e. The molecule has 1 heterocycles. The monoisotopic (exact) mass is 225 g/mol. The minimum atomic E-state index is -0.808. The highest BCUT2D eigenvalue weighted by molar-refractivity contribution is 5.73. The molecule has 1 aromatic rings. The molecule has 1 atom stereocenters. The van der Waals surface area contributed by atoms with Gasteiger partial charge in [0, 0.05) is 19.3 Å². The Kier molecular flexibility index (Phi) is 4.49. The van der Waals surface area contributed by atoms with Crippen LogP contribution in [0.25, 0.3) is 0 Å². The molecule has 1 rings (SSSR count). The topological polar surface area (TPSA) is 67.2 Å². The van der Waals surface area contributed by atoms with Gasteiger partial charge in [0.2, 0.25) is 0 Å². The van der Waals surface area contributed by atoms with E-state index in [1.165, 1.54) is 0 Å². The molecule has 5 heteroatoms. The maximum Gasteiger partial charge on any atom is 0.320 e. The van der Waals surface area contributed by atoms with Gasteiger partial charge in [-0.3, -0.25) is 14.8 Å². The Morgan fingerprint density at radius 1 is 1.62 bits per heavy atom. The Bertz CT molecular complexity index is 347. The second-order valence-electron chi connectivity index (χ2n) is 4.08. The molecule has 16 heavy (non-hydrogen) atoms. The van der Waals surface area contributed by atoms with Crippen molar-refractivity contribution in [1.29, 1.82) is 0 Å². The summed E-state index contributed by atoms with van der Waals surface area (Å²) in [6.45, 7) is 7.12. The summed E-state index contributed by atoms with van der Waals surface area (Å²) in [5, 5.41) is 16.2. The van der Waals surface area contributed by atoms with E-state index in [2.05, 4.69) is 10.4 Å². The molecule has 2 N–H and O–H groups in total. The number of rotatable bonds is 6. The summed E-state index contributed by atoms with van der Waals surface area (Å²) in [6, 6.07) is 1.38. The Balaban J connectivity index is 2.59. The summed E-state index contributed by atoms with van der Waals surface area (Å²) in [5.41, 5.74) is 1.01. The fourth-order valence-corrected chi connectivity index (χ4v) is 1.62. The van der Waals surface area contributed by atoms with Gasteiger partial charge in [-0.2, -0.15) is 5.10 Å². The van der Waals surface area contributed by atoms with Crippen LogP contribution in [-0.4, -0.2) is 26.9 Å². The summed E-state index contributed by atoms with van der Waals surface area (Å²) < 4.78 is 1.85. The average molecular weight is 225 g/mol. The van der Waals surface area contributed by atoms with Crippen LogP contribution in [0.3, 0.4) is 0 Å². The molecule has 90 valence electrons. The van der Waals surface area contributed by atoms with Gasteiger partial charge in [-0.1, -0.05) is 13.8 Å². The molecule has 1 unspecified atom stereocenters. The van der Waals surface area contributed by atoms with Crippen LogP contribution in [0.4, 0.5) is 0 Å². The predicted octanol–water partition coefficient (Wildman–Crippen LogP) is 1.10. The van der Waals surface area contributed by atoms with E-state index in [1.807, 2.05) is 31.5 Å². The number of nitrogens with one attached hydrogen (secondary N) is 1. The largest absolute Gasteiger partial charge is 0.480 e. The lowest BCUT2D eigenvalue weighted by atomic mass is 10.0. The second kappa shape index (κ2) is 5.65. The van der Waals surface area contributed by atoms with Gasteiger partial charge < -0.3 is 5.11 Å². The van der Waals surface area contributed by atoms with Crippen molar-refractivity contribution in [3.8, 4) is 0 Å². The molecule has 0 aliphatic heterocycles. The van der Waals surface area contributed by atoms with E-state index < -0.39 is 12.0 Å². The molecule has 0 bridgehead atoms. The van der Waals surface area contributed by atoms with Crippen LogP contribution in [0.15, 0.2) is 12.3 Å². The fraction of sp³-hybridized carbons (Fsp3) is 0.636. The van der Waals surface area contributed by atoms with Gasteiger partial charge in [-0.25, -0.2) is 0 Å². The van der Waals surface area contributed by atoms with E-state index in [1.54, 1.807) is 6.20 Å². The summed E-state index contributed by atoms with van der Waals surface area (Å²) in [4.78, 5) is 11.0. The number of nitrogens with zero attached hydrogens (tertiary/aromatic N) is 2. The third kappa shape index (κ3) is 3.06. The lowest BCUT2D eigenvalue weighted by Gasteiger charge is -2.18. The first-order chi connectivity index (χ1) is 7.56. The Hall–Kier alpha value is -1.36. The van der Waals surface area contributed by atoms with Gasteiger partial charge in [-0.05, 0) is 18.9 Å². The number of aliphatic carboxylic acids is 1. The lowest BCUT2D eigenvalue weighted by molar-refractivity contribution is -0.140. The Morgan fingerprint density at radius 2 is 2.31 bits per heavy atom. The van der Waals surface area contributed by atoms with Crippen LogP contribution in [0.2, 0.25) is 0 Å². The Morgan fingerprint density at radius 3 is 2.81 bits per heavy atom. The number of aromatic nitrogens is 2. The van der Waals surface area contributed by atoms with Crippen molar-refractivity contribution in [3.05, 3.63) is 18.0 Å². The number of hydrogen-bond acceptors (Lipinski definition) is 3. The third-order valence-electron chi connectivity index (χ3n) is 2.54. The van der Waals surface area contributed by atoms with E-state index in [-0.39, 0.29) is 5.92 Å². The standard InChI is InChI=1S/C11H19N3O2/c1-4-14-9(5-6-13-14)7-12-10(8(2)3)11(15)16/h5-6,8,10,12H,4,7H2,1-3H3,(H,15,16). The molecule has 5 nitrogen and oxygen atoms in total. The van der Waals surface area contributed by atoms with E-state index in [0.717, 1.165) is 12.2 Å². The average Bonchev–Trinajstić information content (AvgIpc) is 2.64. The first-order valence-corrected chi connectivity index (χ1v) is 5.53. The fourth-order valence-electron chi connectivity index (χ4n) is 1.62. The molecule has 0 aliphatic carbocycles. The van der Waals surface area contributed by atoms with Crippen molar-refractivity contribution in [2.75, 3.05) is 0 Å². The molecule has 0 spiro atoms. The highest BCUT2D eigenvalue weighted by Gasteiger charge is 2.20. The summed E-state index contributed by atoms with van der Waals surface area (Å²) >= 11 is 0. The minimum Gasteiger partial charge on any atom is -0.480 e. The van der Waals surface area contributed by atoms with Crippen molar-refractivity contribution in [1.82, 2.24) is 15.1 Å². The zero-order valence-electron chi connectivity index (χ0n) is 9.97. The first-order valence-electron chi connectivity index (χ1n) is 5.53. The molecule has 0 fully saturated rings. The Labute approximate surface area is 95.5 Å². The minimum absolute atomic E-state index is 0.0653. The van der Waals surface area contributed by atoms with E-state index in [4.69, 9.17) is 5.11 Å². The van der Waals surface area contributed by atoms with Crippen LogP contribution < -0.4 is 5.32 Å². The van der Waals surface area contributed by atoms with Gasteiger partial charge >= 0.3 is 5.97 Å². The molecular weight excluding hydrogens is 206 g/mol. The number of carboxylic acids is 1. The maximum absolute atomic E-state index is 11.0. The van der Waals surface area contributed by atoms with Crippen LogP contribution >= 0.6 is 0 Å². The van der Waals surface area contributed by atoms with Crippen molar-refractivity contribution in [3.63, 3.8) is 0 Å². The highest BCUT2D eigenvalue weighted by atomic mass is 16.4. The number of carboxylic acid groups (broad SMARTS) is 1. The molecule has 0 aromatic carbocycles. The zero-order valence-corrected chi connectivity index (χ0v) is 9.97. The van der Waals surface area contributed by atoms with Crippen LogP contribution in [0.1, 0.15) is 26.5 Å². The molecule has 0 saturated heterocycles. The van der Waals surface area contributed by atoms with Crippen molar-refractivity contribution >= 4 is 5.97 Å². The van der Waals surface area contributed by atoms with E-state index in [9.17, 15) is 4.79 Å². The van der Waals surface area contributed by atoms with Gasteiger partial charge in [0.1, 0.15) is 6.04 Å². The highest BCUT2D eigenvalue weighted by Crippen LogP contribution is 2.04. The zero-order chi connectivity index (χ0) is 12.1. The second-order valence-corrected chi connectivity index (χ2v) is 4.08. The predicted molar refractivity (Wildman–Crippen MR) is 61.0 cm³/mol. The summed E-state index contributed by atoms with van der Waals surface area (Å²) in [5.74, 6) is -0.743. The molecule has 0 radical (unpaired) electrons. The normalized spacial score (nSPS) is 13.0. The lowest BCUT2D eigenvalue weighted by Crippen LogP contribution is -2.40. The van der Waals surface area contributed by atoms with Crippen molar-refractivity contribution < 1.29 is 9.90 Å². The van der Waals surface area contributed by atoms with Gasteiger partial charge in [0.05, 0.1) is 5.69 Å². The molecule has 0 amide bonds. The number of carbonyl (C=O) groups is 1. The maximum atomic E-state index is 11.0. The van der Waals surface area contributed by atoms with Gasteiger partial charge in [0.15, 0.2) is 0 Å². The molecule has 0 aliphatic rings. The van der Waals surface area contributed by atoms with Gasteiger partial charge in [-0.15, -0.1) is 0 Å². The van der Waals surface area contributed by atoms with Crippen LogP contribution in [0, 0.1) is 5.92 Å². The van der Waals surface area contributed by atoms with E-state index in [0.29, 0.717) is 6.54 Å². The SMILES string of the molecule is CCn1nccc1CNC(C(=O)O)C(C)C. The van der Waals surface area contributed by atoms with Crippen LogP contribution in [-0.2, 0) is 17.9 Å². The quantitative estimate of drug-likeness (QED) is 0.761. The van der Waals surface area contributed by atoms with Crippen LogP contribution in [0.5, 0.6) is 0 Å². The number of aryl methyl sites for hydroxylation is 1. The van der Waals surface area contributed by atoms with Gasteiger partial charge in [0.25, 0.3) is 0 Å². The molecular formula is C11H19N3O2. The summed E-state index contributed by atoms with van der Waals surface area (Å²) in [6.07, 6.45) is 1.73. The van der Waals surface area contributed by atoms with Crippen molar-refractivity contribution in [2.24, 2.45) is 5.92 Å². The van der Waals surface area contributed by atoms with E-state index >= 15 is 0 Å². The first kappa shape index (κ1) is 12.7. The number of hydrogen-bond donors (Lipinski definition) is 2. The molecule has 1 aromatic heterocycles. The molecule has 0 saturated carbocycles. The summed E-state index contributed by atoms with van der Waals surface area (Å²) in [7, 11) is 0. The third-order valence-corrected chi connectivity index (χ3v) is 2.54.